The summed E-state index contributed by atoms with van der Waals surface area (Å²) in [6, 6.07) is 0. The van der Waals surface area contributed by atoms with Crippen molar-refractivity contribution >= 4 is 5.69 Å². The molecule has 3 heteroatoms. The highest BCUT2D eigenvalue weighted by Crippen LogP contribution is 2.18. The lowest BCUT2D eigenvalue weighted by Gasteiger charge is -2.17. The van der Waals surface area contributed by atoms with Gasteiger partial charge in [-0.25, -0.2) is 0 Å². The predicted molar refractivity (Wildman–Crippen MR) is 64.7 cm³/mol. The molecule has 0 saturated carbocycles. The van der Waals surface area contributed by atoms with Crippen LogP contribution in [0.3, 0.4) is 0 Å². The molecule has 0 aliphatic carbocycles. The molecule has 1 heterocycles. The first-order chi connectivity index (χ1) is 7.06. The summed E-state index contributed by atoms with van der Waals surface area (Å²) < 4.78 is 0. The molecule has 1 aromatic rings. The van der Waals surface area contributed by atoms with Crippen molar-refractivity contribution in [2.24, 2.45) is 0 Å². The van der Waals surface area contributed by atoms with Crippen LogP contribution in [-0.4, -0.2) is 23.5 Å². The summed E-state index contributed by atoms with van der Waals surface area (Å²) in [5, 5.41) is 0. The highest BCUT2D eigenvalue weighted by molar-refractivity contribution is 5.53. The Hall–Kier alpha value is -1.09. The molecule has 0 bridgehead atoms. The van der Waals surface area contributed by atoms with Gasteiger partial charge >= 0.3 is 0 Å². The third kappa shape index (κ3) is 2.93. The van der Waals surface area contributed by atoms with Crippen LogP contribution in [0, 0.1) is 13.8 Å². The fourth-order valence-electron chi connectivity index (χ4n) is 1.67. The number of nitrogen functional groups attached to an aromatic ring is 1. The third-order valence-electron chi connectivity index (χ3n) is 2.70. The maximum absolute atomic E-state index is 5.97. The fraction of sp³-hybridized carbons (Fsp3) is 0.583. The Morgan fingerprint density at radius 1 is 1.40 bits per heavy atom. The number of aromatic nitrogens is 1. The molecule has 0 amide bonds. The van der Waals surface area contributed by atoms with Gasteiger partial charge in [0.25, 0.3) is 0 Å². The van der Waals surface area contributed by atoms with Crippen molar-refractivity contribution in [2.75, 3.05) is 19.3 Å². The minimum atomic E-state index is 0.879. The van der Waals surface area contributed by atoms with E-state index in [1.54, 1.807) is 0 Å². The van der Waals surface area contributed by atoms with Gasteiger partial charge in [0.2, 0.25) is 0 Å². The van der Waals surface area contributed by atoms with Crippen LogP contribution in [0.1, 0.15) is 30.2 Å². The van der Waals surface area contributed by atoms with Crippen molar-refractivity contribution in [1.82, 2.24) is 9.88 Å². The monoisotopic (exact) mass is 207 g/mol. The van der Waals surface area contributed by atoms with Crippen molar-refractivity contribution in [3.05, 3.63) is 23.0 Å². The topological polar surface area (TPSA) is 42.2 Å². The zero-order chi connectivity index (χ0) is 11.4. The van der Waals surface area contributed by atoms with E-state index in [-0.39, 0.29) is 0 Å². The van der Waals surface area contributed by atoms with Gasteiger partial charge in [-0.15, -0.1) is 0 Å². The van der Waals surface area contributed by atoms with Gasteiger partial charge in [-0.05, 0) is 45.0 Å². The lowest BCUT2D eigenvalue weighted by atomic mass is 10.1. The van der Waals surface area contributed by atoms with Gasteiger partial charge < -0.3 is 10.6 Å². The molecule has 0 aromatic carbocycles. The van der Waals surface area contributed by atoms with Crippen LogP contribution in [0.25, 0.3) is 0 Å². The Bertz CT molecular complexity index is 334. The van der Waals surface area contributed by atoms with Crippen LogP contribution in [0.4, 0.5) is 5.69 Å². The molecule has 15 heavy (non-hydrogen) atoms. The minimum absolute atomic E-state index is 0.879. The van der Waals surface area contributed by atoms with Crippen LogP contribution in [0.5, 0.6) is 0 Å². The molecular formula is C12H21N3. The molecule has 1 aromatic heterocycles. The summed E-state index contributed by atoms with van der Waals surface area (Å²) in [6.07, 6.45) is 3.02. The normalized spacial score (nSPS) is 11.0. The maximum Gasteiger partial charge on any atom is 0.0593 e. The molecule has 0 aliphatic rings. The van der Waals surface area contributed by atoms with E-state index in [1.165, 1.54) is 0 Å². The molecule has 2 N–H and O–H groups in total. The Labute approximate surface area is 92.3 Å². The number of rotatable bonds is 4. The molecule has 1 rings (SSSR count). The second-order valence-corrected chi connectivity index (χ2v) is 4.16. The predicted octanol–water partition coefficient (Wildman–Crippen LogP) is 2.12. The lowest BCUT2D eigenvalue weighted by Crippen LogP contribution is -2.20. The molecule has 0 fully saturated rings. The van der Waals surface area contributed by atoms with Crippen molar-refractivity contribution in [1.29, 1.82) is 0 Å². The first-order valence-electron chi connectivity index (χ1n) is 5.45. The highest BCUT2D eigenvalue weighted by Gasteiger charge is 2.07. The van der Waals surface area contributed by atoms with Gasteiger partial charge in [0, 0.05) is 18.4 Å². The molecule has 0 saturated heterocycles. The van der Waals surface area contributed by atoms with E-state index in [4.69, 9.17) is 5.73 Å². The number of anilines is 1. The average molecular weight is 207 g/mol. The second kappa shape index (κ2) is 5.12. The average Bonchev–Trinajstić information content (AvgIpc) is 2.20. The van der Waals surface area contributed by atoms with Crippen LogP contribution in [0.15, 0.2) is 6.20 Å². The van der Waals surface area contributed by atoms with Crippen molar-refractivity contribution in [3.63, 3.8) is 0 Å². The van der Waals surface area contributed by atoms with E-state index in [9.17, 15) is 0 Å². The minimum Gasteiger partial charge on any atom is -0.398 e. The van der Waals surface area contributed by atoms with Crippen LogP contribution >= 0.6 is 0 Å². The summed E-state index contributed by atoms with van der Waals surface area (Å²) >= 11 is 0. The largest absolute Gasteiger partial charge is 0.398 e. The van der Waals surface area contributed by atoms with Gasteiger partial charge in [-0.1, -0.05) is 6.92 Å². The summed E-state index contributed by atoms with van der Waals surface area (Å²) in [4.78, 5) is 6.71. The van der Waals surface area contributed by atoms with E-state index in [0.29, 0.717) is 0 Å². The van der Waals surface area contributed by atoms with Crippen molar-refractivity contribution in [2.45, 2.75) is 33.7 Å². The van der Waals surface area contributed by atoms with E-state index >= 15 is 0 Å². The number of pyridine rings is 1. The Balaban J connectivity index is 2.82. The summed E-state index contributed by atoms with van der Waals surface area (Å²) in [5.74, 6) is 0. The highest BCUT2D eigenvalue weighted by atomic mass is 15.1. The molecule has 0 atom stereocenters. The fourth-order valence-corrected chi connectivity index (χ4v) is 1.67. The number of hydrogen-bond donors (Lipinski definition) is 1. The van der Waals surface area contributed by atoms with Crippen LogP contribution in [-0.2, 0) is 6.54 Å². The van der Waals surface area contributed by atoms with E-state index in [1.807, 2.05) is 20.0 Å². The third-order valence-corrected chi connectivity index (χ3v) is 2.70. The number of aryl methyl sites for hydroxylation is 1. The van der Waals surface area contributed by atoms with Crippen LogP contribution in [0.2, 0.25) is 0 Å². The number of hydrogen-bond acceptors (Lipinski definition) is 3. The summed E-state index contributed by atoms with van der Waals surface area (Å²) in [6.45, 7) is 8.19. The summed E-state index contributed by atoms with van der Waals surface area (Å²) in [5.41, 5.74) is 10.1. The zero-order valence-electron chi connectivity index (χ0n) is 10.2. The van der Waals surface area contributed by atoms with E-state index in [2.05, 4.69) is 23.9 Å². The van der Waals surface area contributed by atoms with Crippen molar-refractivity contribution in [3.8, 4) is 0 Å². The molecule has 0 unspecified atom stereocenters. The first-order valence-corrected chi connectivity index (χ1v) is 5.45. The standard InChI is InChI=1S/C12H21N3/c1-5-6-15(4)8-11-10(3)12(13)9(2)7-14-11/h7H,5-6,8H2,1-4H3,(H2,13,14). The number of nitrogens with two attached hydrogens (primary N) is 1. The first kappa shape index (κ1) is 12.0. The van der Waals surface area contributed by atoms with Gasteiger partial charge in [0.05, 0.1) is 5.69 Å². The Kier molecular flexibility index (Phi) is 4.09. The molecule has 0 radical (unpaired) electrons. The molecule has 0 aliphatic heterocycles. The van der Waals surface area contributed by atoms with Gasteiger partial charge in [-0.2, -0.15) is 0 Å². The van der Waals surface area contributed by atoms with Gasteiger partial charge in [0.1, 0.15) is 0 Å². The smallest absolute Gasteiger partial charge is 0.0593 e. The summed E-state index contributed by atoms with van der Waals surface area (Å²) in [7, 11) is 2.11. The molecule has 84 valence electrons. The Morgan fingerprint density at radius 3 is 2.67 bits per heavy atom. The quantitative estimate of drug-likeness (QED) is 0.822. The lowest BCUT2D eigenvalue weighted by molar-refractivity contribution is 0.323. The van der Waals surface area contributed by atoms with E-state index in [0.717, 1.165) is 42.0 Å². The zero-order valence-corrected chi connectivity index (χ0v) is 10.2. The maximum atomic E-state index is 5.97. The van der Waals surface area contributed by atoms with E-state index < -0.39 is 0 Å². The van der Waals surface area contributed by atoms with Gasteiger partial charge in [0.15, 0.2) is 0 Å². The molecule has 3 nitrogen and oxygen atoms in total. The number of nitrogens with zero attached hydrogens (tertiary/aromatic N) is 2. The molecular weight excluding hydrogens is 186 g/mol. The SMILES string of the molecule is CCCN(C)Cc1ncc(C)c(N)c1C. The van der Waals surface area contributed by atoms with Crippen LogP contribution < -0.4 is 5.73 Å². The second-order valence-electron chi connectivity index (χ2n) is 4.16. The van der Waals surface area contributed by atoms with Crippen molar-refractivity contribution < 1.29 is 0 Å². The molecule has 0 spiro atoms. The Morgan fingerprint density at radius 2 is 2.07 bits per heavy atom. The van der Waals surface area contributed by atoms with Gasteiger partial charge in [-0.3, -0.25) is 4.98 Å².